The first-order chi connectivity index (χ1) is 8.99. The first-order valence-electron chi connectivity index (χ1n) is 5.34. The van der Waals surface area contributed by atoms with Crippen molar-refractivity contribution in [2.24, 2.45) is 0 Å². The van der Waals surface area contributed by atoms with Gasteiger partial charge in [-0.1, -0.05) is 52.5 Å². The Kier molecular flexibility index (Phi) is 4.69. The summed E-state index contributed by atoms with van der Waals surface area (Å²) in [7, 11) is 0. The smallest absolute Gasteiger partial charge is 0.122 e. The van der Waals surface area contributed by atoms with E-state index in [1.165, 1.54) is 0 Å². The summed E-state index contributed by atoms with van der Waals surface area (Å²) < 4.78 is 0. The quantitative estimate of drug-likeness (QED) is 0.713. The lowest BCUT2D eigenvalue weighted by Crippen LogP contribution is -2.01. The van der Waals surface area contributed by atoms with Crippen LogP contribution in [0.4, 0.5) is 5.69 Å². The number of nitrogens with one attached hydrogen (secondary N) is 1. The molecule has 0 aliphatic heterocycles. The molecule has 100 valence electrons. The van der Waals surface area contributed by atoms with E-state index in [-0.39, 0.29) is 5.75 Å². The molecule has 2 aromatic carbocycles. The maximum absolute atomic E-state index is 9.73. The van der Waals surface area contributed by atoms with Crippen molar-refractivity contribution in [3.8, 4) is 5.75 Å². The maximum Gasteiger partial charge on any atom is 0.122 e. The summed E-state index contributed by atoms with van der Waals surface area (Å²) in [5.41, 5.74) is 1.21. The van der Waals surface area contributed by atoms with E-state index in [1.54, 1.807) is 30.3 Å². The van der Waals surface area contributed by atoms with Crippen molar-refractivity contribution in [3.05, 3.63) is 56.0 Å². The summed E-state index contributed by atoms with van der Waals surface area (Å²) in [6, 6.07) is 8.13. The largest absolute Gasteiger partial charge is 0.508 e. The van der Waals surface area contributed by atoms with Crippen LogP contribution in [0.5, 0.6) is 5.75 Å². The van der Waals surface area contributed by atoms with E-state index in [0.29, 0.717) is 37.9 Å². The number of aromatic hydroxyl groups is 1. The molecule has 0 amide bonds. The van der Waals surface area contributed by atoms with Gasteiger partial charge in [-0.3, -0.25) is 0 Å². The van der Waals surface area contributed by atoms with Crippen molar-refractivity contribution >= 4 is 52.1 Å². The van der Waals surface area contributed by atoms with Gasteiger partial charge < -0.3 is 10.4 Å². The Bertz CT molecular complexity index is 596. The highest BCUT2D eigenvalue weighted by molar-refractivity contribution is 6.44. The molecule has 19 heavy (non-hydrogen) atoms. The molecular formula is C13H9Cl4NO. The Labute approximate surface area is 130 Å². The summed E-state index contributed by atoms with van der Waals surface area (Å²) in [6.07, 6.45) is 0. The predicted octanol–water partition coefficient (Wildman–Crippen LogP) is 5.62. The third kappa shape index (κ3) is 3.40. The van der Waals surface area contributed by atoms with Gasteiger partial charge in [0.1, 0.15) is 5.75 Å². The first kappa shape index (κ1) is 14.6. The summed E-state index contributed by atoms with van der Waals surface area (Å²) in [5, 5.41) is 14.5. The third-order valence-electron chi connectivity index (χ3n) is 2.56. The fourth-order valence-corrected chi connectivity index (χ4v) is 2.41. The van der Waals surface area contributed by atoms with Crippen LogP contribution in [0.3, 0.4) is 0 Å². The fraction of sp³-hybridized carbons (Fsp3) is 0.0769. The van der Waals surface area contributed by atoms with Gasteiger partial charge in [0, 0.05) is 17.1 Å². The van der Waals surface area contributed by atoms with Gasteiger partial charge in [-0.2, -0.15) is 0 Å². The molecule has 2 nitrogen and oxygen atoms in total. The van der Waals surface area contributed by atoms with Gasteiger partial charge in [0.05, 0.1) is 20.8 Å². The second-order valence-electron chi connectivity index (χ2n) is 3.84. The number of phenols is 1. The summed E-state index contributed by atoms with van der Waals surface area (Å²) in [5.74, 6) is 0.121. The molecule has 2 rings (SSSR count). The van der Waals surface area contributed by atoms with Gasteiger partial charge in [-0.15, -0.1) is 0 Å². The minimum atomic E-state index is 0.121. The second-order valence-corrected chi connectivity index (χ2v) is 5.47. The Morgan fingerprint density at radius 2 is 1.58 bits per heavy atom. The Morgan fingerprint density at radius 3 is 2.26 bits per heavy atom. The molecule has 0 atom stereocenters. The van der Waals surface area contributed by atoms with E-state index < -0.39 is 0 Å². The number of phenolic OH excluding ortho intramolecular Hbond substituents is 1. The minimum Gasteiger partial charge on any atom is -0.508 e. The van der Waals surface area contributed by atoms with E-state index in [9.17, 15) is 5.11 Å². The molecule has 6 heteroatoms. The van der Waals surface area contributed by atoms with Crippen LogP contribution < -0.4 is 5.32 Å². The van der Waals surface area contributed by atoms with E-state index >= 15 is 0 Å². The van der Waals surface area contributed by atoms with E-state index in [2.05, 4.69) is 5.32 Å². The van der Waals surface area contributed by atoms with Crippen LogP contribution in [0, 0.1) is 0 Å². The topological polar surface area (TPSA) is 32.3 Å². The number of anilines is 1. The predicted molar refractivity (Wildman–Crippen MR) is 81.9 cm³/mol. The number of hydrogen-bond donors (Lipinski definition) is 2. The number of hydrogen-bond acceptors (Lipinski definition) is 2. The monoisotopic (exact) mass is 335 g/mol. The highest BCUT2D eigenvalue weighted by Gasteiger charge is 2.09. The molecule has 0 spiro atoms. The molecule has 0 fully saturated rings. The van der Waals surface area contributed by atoms with E-state index in [4.69, 9.17) is 46.4 Å². The van der Waals surface area contributed by atoms with Crippen LogP contribution in [-0.4, -0.2) is 5.11 Å². The highest BCUT2D eigenvalue weighted by Crippen LogP contribution is 2.33. The average molecular weight is 337 g/mol. The molecule has 2 N–H and O–H groups in total. The highest BCUT2D eigenvalue weighted by atomic mass is 35.5. The molecule has 0 heterocycles. The lowest BCUT2D eigenvalue weighted by molar-refractivity contribution is 0.469. The van der Waals surface area contributed by atoms with Crippen LogP contribution >= 0.6 is 46.4 Å². The van der Waals surface area contributed by atoms with Crippen molar-refractivity contribution in [1.29, 1.82) is 0 Å². The van der Waals surface area contributed by atoms with Crippen LogP contribution in [-0.2, 0) is 6.54 Å². The van der Waals surface area contributed by atoms with E-state index in [0.717, 1.165) is 0 Å². The Balaban J connectivity index is 2.22. The molecule has 0 aliphatic carbocycles. The number of benzene rings is 2. The number of rotatable bonds is 3. The lowest BCUT2D eigenvalue weighted by Gasteiger charge is -2.12. The van der Waals surface area contributed by atoms with Crippen molar-refractivity contribution in [3.63, 3.8) is 0 Å². The minimum absolute atomic E-state index is 0.121. The second kappa shape index (κ2) is 6.10. The molecule has 0 bridgehead atoms. The SMILES string of the molecule is Oc1cccc(Cl)c1CNc1cc(Cl)c(Cl)cc1Cl. The number of halogens is 4. The first-order valence-corrected chi connectivity index (χ1v) is 6.85. The molecule has 0 aromatic heterocycles. The van der Waals surface area contributed by atoms with Crippen LogP contribution in [0.2, 0.25) is 20.1 Å². The lowest BCUT2D eigenvalue weighted by atomic mass is 10.2. The maximum atomic E-state index is 9.73. The molecule has 0 radical (unpaired) electrons. The Morgan fingerprint density at radius 1 is 0.895 bits per heavy atom. The zero-order valence-electron chi connectivity index (χ0n) is 9.55. The van der Waals surface area contributed by atoms with Gasteiger partial charge in [-0.25, -0.2) is 0 Å². The van der Waals surface area contributed by atoms with Crippen molar-refractivity contribution in [1.82, 2.24) is 0 Å². The van der Waals surface area contributed by atoms with Crippen LogP contribution in [0.1, 0.15) is 5.56 Å². The van der Waals surface area contributed by atoms with Gasteiger partial charge in [-0.05, 0) is 24.3 Å². The zero-order valence-corrected chi connectivity index (χ0v) is 12.6. The van der Waals surface area contributed by atoms with Crippen LogP contribution in [0.15, 0.2) is 30.3 Å². The molecule has 0 saturated carbocycles. The average Bonchev–Trinajstić information content (AvgIpc) is 2.34. The third-order valence-corrected chi connectivity index (χ3v) is 3.95. The molecule has 0 unspecified atom stereocenters. The summed E-state index contributed by atoms with van der Waals surface area (Å²) >= 11 is 23.8. The van der Waals surface area contributed by atoms with E-state index in [1.807, 2.05) is 0 Å². The van der Waals surface area contributed by atoms with Gasteiger partial charge in [0.25, 0.3) is 0 Å². The standard InChI is InChI=1S/C13H9Cl4NO/c14-8-2-1-3-13(19)7(8)6-18-12-5-10(16)9(15)4-11(12)17/h1-5,18-19H,6H2. The van der Waals surface area contributed by atoms with Gasteiger partial charge in [0.2, 0.25) is 0 Å². The van der Waals surface area contributed by atoms with Gasteiger partial charge in [0.15, 0.2) is 0 Å². The normalized spacial score (nSPS) is 10.5. The summed E-state index contributed by atoms with van der Waals surface area (Å²) in [4.78, 5) is 0. The molecule has 0 aliphatic rings. The Hall–Kier alpha value is -0.800. The molecule has 2 aromatic rings. The van der Waals surface area contributed by atoms with Crippen molar-refractivity contribution in [2.75, 3.05) is 5.32 Å². The van der Waals surface area contributed by atoms with Crippen LogP contribution in [0.25, 0.3) is 0 Å². The zero-order chi connectivity index (χ0) is 14.0. The van der Waals surface area contributed by atoms with Crippen molar-refractivity contribution < 1.29 is 5.11 Å². The summed E-state index contributed by atoms with van der Waals surface area (Å²) in [6.45, 7) is 0.323. The molecule has 0 saturated heterocycles. The van der Waals surface area contributed by atoms with Gasteiger partial charge >= 0.3 is 0 Å². The van der Waals surface area contributed by atoms with Crippen molar-refractivity contribution in [2.45, 2.75) is 6.54 Å². The molecular weight excluding hydrogens is 328 g/mol. The fourth-order valence-electron chi connectivity index (χ4n) is 1.56.